The first-order chi connectivity index (χ1) is 10.6. The van der Waals surface area contributed by atoms with E-state index >= 15 is 0 Å². The molecule has 1 saturated heterocycles. The van der Waals surface area contributed by atoms with Crippen LogP contribution in [-0.4, -0.2) is 41.6 Å². The zero-order chi connectivity index (χ0) is 15.5. The van der Waals surface area contributed by atoms with Crippen LogP contribution in [0.4, 0.5) is 5.69 Å². The number of carbonyl (C=O) groups is 2. The molecule has 1 aliphatic heterocycles. The lowest BCUT2D eigenvalue weighted by Gasteiger charge is -2.33. The average Bonchev–Trinajstić information content (AvgIpc) is 2.93. The second-order valence-corrected chi connectivity index (χ2v) is 4.91. The van der Waals surface area contributed by atoms with Gasteiger partial charge in [0, 0.05) is 18.8 Å². The number of nitrogens with zero attached hydrogens (tertiary/aromatic N) is 4. The lowest BCUT2D eigenvalue weighted by atomic mass is 10.2. The molecule has 2 amide bonds. The SMILES string of the molecule is O=C(C[n+]1cc([O-])on1)N1CCN(c2ccccc2)C(=O)C1. The van der Waals surface area contributed by atoms with Gasteiger partial charge in [-0.15, -0.1) is 0 Å². The Morgan fingerprint density at radius 3 is 2.73 bits per heavy atom. The molecule has 1 aliphatic rings. The summed E-state index contributed by atoms with van der Waals surface area (Å²) in [5, 5.41) is 14.3. The standard InChI is InChI=1S/C14H14N4O4/c19-12(9-17-10-14(21)22-15-17)16-6-7-18(13(20)8-16)11-4-2-1-3-5-11/h1-5,10H,6-9H2. The third-order valence-corrected chi connectivity index (χ3v) is 3.43. The smallest absolute Gasteiger partial charge is 0.291 e. The largest absolute Gasteiger partial charge is 0.539 e. The van der Waals surface area contributed by atoms with Gasteiger partial charge in [0.1, 0.15) is 12.5 Å². The van der Waals surface area contributed by atoms with Crippen molar-refractivity contribution in [1.82, 2.24) is 10.2 Å². The first-order valence-corrected chi connectivity index (χ1v) is 6.80. The van der Waals surface area contributed by atoms with Crippen molar-refractivity contribution in [2.45, 2.75) is 6.54 Å². The Morgan fingerprint density at radius 2 is 2.09 bits per heavy atom. The molecule has 0 atom stereocenters. The zero-order valence-electron chi connectivity index (χ0n) is 11.7. The lowest BCUT2D eigenvalue weighted by molar-refractivity contribution is -0.751. The van der Waals surface area contributed by atoms with Gasteiger partial charge in [0.2, 0.25) is 12.1 Å². The summed E-state index contributed by atoms with van der Waals surface area (Å²) in [6, 6.07) is 9.32. The highest BCUT2D eigenvalue weighted by atomic mass is 16.6. The van der Waals surface area contributed by atoms with Crippen molar-refractivity contribution in [3.05, 3.63) is 36.5 Å². The number of para-hydroxylation sites is 1. The number of carbonyl (C=O) groups excluding carboxylic acids is 2. The number of piperazine rings is 1. The zero-order valence-corrected chi connectivity index (χ0v) is 11.7. The van der Waals surface area contributed by atoms with E-state index in [1.54, 1.807) is 4.90 Å². The molecular formula is C14H14N4O4. The Labute approximate surface area is 126 Å². The molecule has 22 heavy (non-hydrogen) atoms. The van der Waals surface area contributed by atoms with Gasteiger partial charge in [0.25, 0.3) is 12.5 Å². The minimum absolute atomic E-state index is 0.0103. The number of rotatable bonds is 3. The van der Waals surface area contributed by atoms with Gasteiger partial charge in [-0.05, 0) is 12.1 Å². The molecule has 114 valence electrons. The highest BCUT2D eigenvalue weighted by molar-refractivity contribution is 5.97. The van der Waals surface area contributed by atoms with E-state index in [-0.39, 0.29) is 24.9 Å². The van der Waals surface area contributed by atoms with E-state index in [1.807, 2.05) is 30.3 Å². The summed E-state index contributed by atoms with van der Waals surface area (Å²) in [7, 11) is 0. The van der Waals surface area contributed by atoms with Crippen LogP contribution in [0.1, 0.15) is 0 Å². The van der Waals surface area contributed by atoms with Gasteiger partial charge in [0.15, 0.2) is 0 Å². The summed E-state index contributed by atoms with van der Waals surface area (Å²) in [4.78, 5) is 27.4. The fraction of sp³-hybridized carbons (Fsp3) is 0.286. The molecule has 0 bridgehead atoms. The molecule has 1 fully saturated rings. The Balaban J connectivity index is 1.62. The van der Waals surface area contributed by atoms with Crippen molar-refractivity contribution in [3.8, 4) is 5.95 Å². The maximum Gasteiger partial charge on any atom is 0.291 e. The predicted octanol–water partition coefficient (Wildman–Crippen LogP) is -1.09. The van der Waals surface area contributed by atoms with E-state index in [0.29, 0.717) is 13.1 Å². The molecule has 1 aromatic heterocycles. The highest BCUT2D eigenvalue weighted by Gasteiger charge is 2.29. The molecule has 1 aromatic carbocycles. The van der Waals surface area contributed by atoms with Crippen LogP contribution in [0.3, 0.4) is 0 Å². The number of anilines is 1. The summed E-state index contributed by atoms with van der Waals surface area (Å²) < 4.78 is 5.48. The van der Waals surface area contributed by atoms with Crippen LogP contribution in [0.15, 0.2) is 41.1 Å². The van der Waals surface area contributed by atoms with Gasteiger partial charge < -0.3 is 19.4 Å². The lowest BCUT2D eigenvalue weighted by Crippen LogP contribution is -2.55. The van der Waals surface area contributed by atoms with Crippen molar-refractivity contribution in [3.63, 3.8) is 0 Å². The second-order valence-electron chi connectivity index (χ2n) is 4.91. The fourth-order valence-corrected chi connectivity index (χ4v) is 2.34. The van der Waals surface area contributed by atoms with Crippen LogP contribution in [0.25, 0.3) is 0 Å². The van der Waals surface area contributed by atoms with Gasteiger partial charge >= 0.3 is 0 Å². The second kappa shape index (κ2) is 5.84. The maximum absolute atomic E-state index is 12.2. The molecule has 8 heteroatoms. The Hall–Kier alpha value is -2.90. The van der Waals surface area contributed by atoms with Crippen LogP contribution >= 0.6 is 0 Å². The molecule has 0 spiro atoms. The van der Waals surface area contributed by atoms with E-state index in [1.165, 1.54) is 4.90 Å². The van der Waals surface area contributed by atoms with E-state index in [0.717, 1.165) is 16.6 Å². The van der Waals surface area contributed by atoms with Crippen LogP contribution in [0, 0.1) is 0 Å². The third-order valence-electron chi connectivity index (χ3n) is 3.43. The van der Waals surface area contributed by atoms with Crippen LogP contribution in [-0.2, 0) is 16.1 Å². The summed E-state index contributed by atoms with van der Waals surface area (Å²) in [5.41, 5.74) is 0.821. The van der Waals surface area contributed by atoms with Crippen molar-refractivity contribution in [2.75, 3.05) is 24.5 Å². The maximum atomic E-state index is 12.2. The topological polar surface area (TPSA) is 93.6 Å². The fourth-order valence-electron chi connectivity index (χ4n) is 2.34. The average molecular weight is 302 g/mol. The van der Waals surface area contributed by atoms with Crippen LogP contribution in [0.5, 0.6) is 5.95 Å². The number of hydrogen-bond donors (Lipinski definition) is 0. The first kappa shape index (κ1) is 14.1. The normalized spacial score (nSPS) is 15.2. The summed E-state index contributed by atoms with van der Waals surface area (Å²) >= 11 is 0. The van der Waals surface area contributed by atoms with Crippen LogP contribution < -0.4 is 14.7 Å². The molecule has 8 nitrogen and oxygen atoms in total. The molecule has 0 unspecified atom stereocenters. The highest BCUT2D eigenvalue weighted by Crippen LogP contribution is 2.16. The summed E-state index contributed by atoms with van der Waals surface area (Å²) in [6.07, 6.45) is 1.10. The molecule has 2 aromatic rings. The third kappa shape index (κ3) is 2.90. The van der Waals surface area contributed by atoms with Crippen LogP contribution in [0.2, 0.25) is 0 Å². The van der Waals surface area contributed by atoms with Crippen molar-refractivity contribution >= 4 is 17.5 Å². The van der Waals surface area contributed by atoms with E-state index in [2.05, 4.69) is 9.79 Å². The number of benzene rings is 1. The molecule has 0 saturated carbocycles. The summed E-state index contributed by atoms with van der Waals surface area (Å²) in [6.45, 7) is 0.758. The van der Waals surface area contributed by atoms with Crippen molar-refractivity contribution in [2.24, 2.45) is 0 Å². The molecule has 3 rings (SSSR count). The van der Waals surface area contributed by atoms with Crippen molar-refractivity contribution < 1.29 is 23.9 Å². The molecular weight excluding hydrogens is 288 g/mol. The quantitative estimate of drug-likeness (QED) is 0.672. The van der Waals surface area contributed by atoms with E-state index in [9.17, 15) is 14.7 Å². The molecule has 0 N–H and O–H groups in total. The van der Waals surface area contributed by atoms with E-state index in [4.69, 9.17) is 0 Å². The van der Waals surface area contributed by atoms with Gasteiger partial charge in [-0.25, -0.2) is 0 Å². The number of hydrogen-bond acceptors (Lipinski definition) is 5. The monoisotopic (exact) mass is 302 g/mol. The van der Waals surface area contributed by atoms with E-state index < -0.39 is 5.95 Å². The molecule has 0 radical (unpaired) electrons. The van der Waals surface area contributed by atoms with Gasteiger partial charge in [-0.1, -0.05) is 22.9 Å². The Morgan fingerprint density at radius 1 is 1.32 bits per heavy atom. The number of aromatic nitrogens is 2. The van der Waals surface area contributed by atoms with Gasteiger partial charge in [0.05, 0.1) is 5.27 Å². The summed E-state index contributed by atoms with van der Waals surface area (Å²) in [5.74, 6) is -1.03. The Bertz CT molecular complexity index is 685. The number of amides is 2. The first-order valence-electron chi connectivity index (χ1n) is 6.80. The van der Waals surface area contributed by atoms with Gasteiger partial charge in [-0.2, -0.15) is 0 Å². The van der Waals surface area contributed by atoms with Crippen molar-refractivity contribution in [1.29, 1.82) is 0 Å². The molecule has 2 heterocycles. The Kier molecular flexibility index (Phi) is 3.73. The molecule has 0 aliphatic carbocycles. The minimum Gasteiger partial charge on any atom is -0.539 e. The predicted molar refractivity (Wildman–Crippen MR) is 71.5 cm³/mol. The minimum atomic E-state index is -0.613. The van der Waals surface area contributed by atoms with Gasteiger partial charge in [-0.3, -0.25) is 9.59 Å².